The van der Waals surface area contributed by atoms with Crippen LogP contribution in [0.4, 0.5) is 0 Å². The molecule has 0 saturated carbocycles. The molecule has 0 aliphatic rings. The van der Waals surface area contributed by atoms with Gasteiger partial charge in [0, 0.05) is 0 Å². The number of unbranched alkanes of at least 4 members (excludes halogenated alkanes) is 12. The van der Waals surface area contributed by atoms with Crippen molar-refractivity contribution in [2.24, 2.45) is 0 Å². The van der Waals surface area contributed by atoms with Gasteiger partial charge in [-0.25, -0.2) is 0 Å². The molecule has 0 bridgehead atoms. The van der Waals surface area contributed by atoms with Crippen LogP contribution in [0, 0.1) is 0 Å². The summed E-state index contributed by atoms with van der Waals surface area (Å²) in [5.74, 6) is 0. The predicted molar refractivity (Wildman–Crippen MR) is 101 cm³/mol. The fraction of sp³-hybridized carbons (Fsp3) is 1.00. The maximum absolute atomic E-state index is 3.55. The van der Waals surface area contributed by atoms with Crippen LogP contribution in [0.3, 0.4) is 0 Å². The smallest absolute Gasteiger partial charge is 0.0880 e. The zero-order valence-corrected chi connectivity index (χ0v) is 16.7. The average Bonchev–Trinajstić information content (AvgIpc) is 2.44. The highest BCUT2D eigenvalue weighted by Gasteiger charge is 2.12. The maximum atomic E-state index is 3.55. The minimum atomic E-state index is 1.12. The molecule has 0 aromatic rings. The zero-order chi connectivity index (χ0) is 15.8. The van der Waals surface area contributed by atoms with E-state index in [9.17, 15) is 0 Å². The van der Waals surface area contributed by atoms with Crippen LogP contribution in [0.25, 0.3) is 0 Å². The number of quaternary nitrogens is 1. The molecule has 0 radical (unpaired) electrons. The Hall–Kier alpha value is 0.440. The molecule has 0 atom stereocenters. The van der Waals surface area contributed by atoms with E-state index in [-0.39, 0.29) is 0 Å². The van der Waals surface area contributed by atoms with E-state index in [0.717, 1.165) is 5.33 Å². The Labute approximate surface area is 143 Å². The van der Waals surface area contributed by atoms with Crippen molar-refractivity contribution in [3.8, 4) is 0 Å². The molecule has 0 rings (SSSR count). The molecule has 0 amide bonds. The lowest BCUT2D eigenvalue weighted by Crippen LogP contribution is -2.41. The van der Waals surface area contributed by atoms with E-state index in [4.69, 9.17) is 0 Å². The van der Waals surface area contributed by atoms with Crippen molar-refractivity contribution < 1.29 is 4.48 Å². The first-order valence-corrected chi connectivity index (χ1v) is 10.6. The molecular weight excluding hydrogens is 322 g/mol. The normalized spacial score (nSPS) is 12.0. The summed E-state index contributed by atoms with van der Waals surface area (Å²) in [6.45, 7) is 4.88. The molecule has 128 valence electrons. The Morgan fingerprint density at radius 2 is 0.952 bits per heavy atom. The van der Waals surface area contributed by atoms with E-state index >= 15 is 0 Å². The van der Waals surface area contributed by atoms with Gasteiger partial charge >= 0.3 is 0 Å². The minimum absolute atomic E-state index is 1.12. The van der Waals surface area contributed by atoms with E-state index in [0.29, 0.717) is 0 Å². The van der Waals surface area contributed by atoms with Crippen LogP contribution >= 0.6 is 15.9 Å². The number of hydrogen-bond acceptors (Lipinski definition) is 0. The first-order chi connectivity index (χ1) is 10.1. The van der Waals surface area contributed by atoms with Crippen LogP contribution in [0.2, 0.25) is 0 Å². The molecule has 0 saturated heterocycles. The first-order valence-electron chi connectivity index (χ1n) is 9.50. The maximum Gasteiger partial charge on any atom is 0.0880 e. The highest BCUT2D eigenvalue weighted by atomic mass is 79.9. The third-order valence-electron chi connectivity index (χ3n) is 4.56. The summed E-state index contributed by atoms with van der Waals surface area (Å²) in [4.78, 5) is 0. The van der Waals surface area contributed by atoms with Crippen molar-refractivity contribution in [2.75, 3.05) is 32.5 Å². The van der Waals surface area contributed by atoms with Crippen LogP contribution < -0.4 is 0 Å². The number of rotatable bonds is 16. The van der Waals surface area contributed by atoms with Crippen LogP contribution in [0.15, 0.2) is 0 Å². The fourth-order valence-electron chi connectivity index (χ4n) is 2.90. The summed E-state index contributed by atoms with van der Waals surface area (Å²) in [5, 5.41) is 1.12. The van der Waals surface area contributed by atoms with Crippen molar-refractivity contribution in [1.82, 2.24) is 0 Å². The summed E-state index contributed by atoms with van der Waals surface area (Å²) in [6.07, 6.45) is 18.8. The van der Waals surface area contributed by atoms with Gasteiger partial charge in [-0.05, 0) is 12.8 Å². The van der Waals surface area contributed by atoms with Gasteiger partial charge in [0.05, 0.1) is 32.5 Å². The summed E-state index contributed by atoms with van der Waals surface area (Å²) in [5.41, 5.74) is 0. The largest absolute Gasteiger partial charge is 0.328 e. The monoisotopic (exact) mass is 362 g/mol. The second kappa shape index (κ2) is 15.3. The molecule has 0 spiro atoms. The molecule has 21 heavy (non-hydrogen) atoms. The molecule has 0 fully saturated rings. The minimum Gasteiger partial charge on any atom is -0.328 e. The van der Waals surface area contributed by atoms with Crippen LogP contribution in [-0.4, -0.2) is 37.0 Å². The van der Waals surface area contributed by atoms with Gasteiger partial charge in [-0.15, -0.1) is 0 Å². The van der Waals surface area contributed by atoms with E-state index in [1.807, 2.05) is 0 Å². The van der Waals surface area contributed by atoms with Crippen LogP contribution in [0.5, 0.6) is 0 Å². The van der Waals surface area contributed by atoms with Crippen LogP contribution in [-0.2, 0) is 0 Å². The van der Waals surface area contributed by atoms with Gasteiger partial charge in [0.1, 0.15) is 0 Å². The Balaban J connectivity index is 3.12. The van der Waals surface area contributed by atoms with Crippen LogP contribution in [0.1, 0.15) is 90.4 Å². The van der Waals surface area contributed by atoms with Gasteiger partial charge in [-0.1, -0.05) is 93.5 Å². The number of halogens is 1. The van der Waals surface area contributed by atoms with E-state index in [2.05, 4.69) is 36.9 Å². The van der Waals surface area contributed by atoms with Gasteiger partial charge in [0.15, 0.2) is 0 Å². The molecule has 0 N–H and O–H groups in total. The Bertz CT molecular complexity index is 204. The zero-order valence-electron chi connectivity index (χ0n) is 15.1. The average molecular weight is 363 g/mol. The second-order valence-corrected chi connectivity index (χ2v) is 8.11. The Morgan fingerprint density at radius 1 is 0.571 bits per heavy atom. The highest BCUT2D eigenvalue weighted by Crippen LogP contribution is 2.13. The lowest BCUT2D eigenvalue weighted by Gasteiger charge is -2.29. The van der Waals surface area contributed by atoms with Crippen molar-refractivity contribution in [3.05, 3.63) is 0 Å². The van der Waals surface area contributed by atoms with E-state index in [1.54, 1.807) is 0 Å². The van der Waals surface area contributed by atoms with Gasteiger partial charge < -0.3 is 4.48 Å². The molecular formula is C19H41BrN+. The fourth-order valence-corrected chi connectivity index (χ4v) is 3.86. The van der Waals surface area contributed by atoms with Crippen molar-refractivity contribution in [2.45, 2.75) is 90.4 Å². The summed E-state index contributed by atoms with van der Waals surface area (Å²) in [6, 6.07) is 0. The standard InChI is InChI=1S/C19H41BrN/c1-4-5-6-7-8-9-10-11-12-13-14-15-16-18-21(2,3)19-17-20/h4-19H2,1-3H3/q+1. The predicted octanol–water partition coefficient (Wildman–Crippen LogP) is 6.55. The lowest BCUT2D eigenvalue weighted by atomic mass is 10.0. The topological polar surface area (TPSA) is 0 Å². The number of nitrogens with zero attached hydrogens (tertiary/aromatic N) is 1. The molecule has 1 nitrogen and oxygen atoms in total. The summed E-state index contributed by atoms with van der Waals surface area (Å²) >= 11 is 3.55. The Morgan fingerprint density at radius 3 is 1.33 bits per heavy atom. The van der Waals surface area contributed by atoms with E-state index < -0.39 is 0 Å². The quantitative estimate of drug-likeness (QED) is 0.166. The molecule has 0 aliphatic carbocycles. The molecule has 0 aromatic heterocycles. The van der Waals surface area contributed by atoms with Gasteiger partial charge in [-0.3, -0.25) is 0 Å². The van der Waals surface area contributed by atoms with Gasteiger partial charge in [0.25, 0.3) is 0 Å². The molecule has 0 aromatic carbocycles. The van der Waals surface area contributed by atoms with Gasteiger partial charge in [-0.2, -0.15) is 0 Å². The SMILES string of the molecule is CCCCCCCCCCCCCCC[N+](C)(C)CCBr. The third kappa shape index (κ3) is 16.6. The van der Waals surface area contributed by atoms with Gasteiger partial charge in [0.2, 0.25) is 0 Å². The first kappa shape index (κ1) is 21.4. The lowest BCUT2D eigenvalue weighted by molar-refractivity contribution is -0.887. The Kier molecular flexibility index (Phi) is 15.7. The molecule has 0 aliphatic heterocycles. The number of alkyl halides is 1. The molecule has 0 heterocycles. The second-order valence-electron chi connectivity index (χ2n) is 7.31. The van der Waals surface area contributed by atoms with Crippen molar-refractivity contribution in [3.63, 3.8) is 0 Å². The molecule has 0 unspecified atom stereocenters. The summed E-state index contributed by atoms with van der Waals surface area (Å²) in [7, 11) is 4.70. The van der Waals surface area contributed by atoms with Crippen molar-refractivity contribution in [1.29, 1.82) is 0 Å². The summed E-state index contributed by atoms with van der Waals surface area (Å²) < 4.78 is 1.17. The molecule has 2 heteroatoms. The van der Waals surface area contributed by atoms with E-state index in [1.165, 1.54) is 101 Å². The number of hydrogen-bond donors (Lipinski definition) is 0. The van der Waals surface area contributed by atoms with Crippen molar-refractivity contribution >= 4 is 15.9 Å². The highest BCUT2D eigenvalue weighted by molar-refractivity contribution is 9.09. The third-order valence-corrected chi connectivity index (χ3v) is 4.91.